The van der Waals surface area contributed by atoms with Crippen LogP contribution < -0.4 is 10.6 Å². The van der Waals surface area contributed by atoms with Gasteiger partial charge in [0, 0.05) is 7.05 Å². The van der Waals surface area contributed by atoms with Crippen molar-refractivity contribution in [2.24, 2.45) is 0 Å². The van der Waals surface area contributed by atoms with Crippen molar-refractivity contribution in [3.63, 3.8) is 0 Å². The Hall–Kier alpha value is -1.10. The zero-order valence-electron chi connectivity index (χ0n) is 9.09. The Morgan fingerprint density at radius 3 is 2.50 bits per heavy atom. The van der Waals surface area contributed by atoms with Crippen molar-refractivity contribution >= 4 is 11.9 Å². The van der Waals surface area contributed by atoms with E-state index in [1.165, 1.54) is 7.05 Å². The van der Waals surface area contributed by atoms with Crippen molar-refractivity contribution in [2.45, 2.75) is 19.8 Å². The number of nitrogens with one attached hydrogen (secondary N) is 2. The molecule has 0 fully saturated rings. The van der Waals surface area contributed by atoms with Crippen molar-refractivity contribution in [2.75, 3.05) is 27.2 Å². The van der Waals surface area contributed by atoms with Gasteiger partial charge in [-0.05, 0) is 20.0 Å². The van der Waals surface area contributed by atoms with Gasteiger partial charge in [0.05, 0.1) is 6.54 Å². The van der Waals surface area contributed by atoms with Crippen LogP contribution in [0.1, 0.15) is 19.8 Å². The summed E-state index contributed by atoms with van der Waals surface area (Å²) in [6.07, 6.45) is 2.16. The summed E-state index contributed by atoms with van der Waals surface area (Å²) in [5, 5.41) is 4.53. The summed E-state index contributed by atoms with van der Waals surface area (Å²) in [5.41, 5.74) is 0. The van der Waals surface area contributed by atoms with Crippen molar-refractivity contribution < 1.29 is 9.59 Å². The Labute approximate surface area is 84.8 Å². The lowest BCUT2D eigenvalue weighted by Crippen LogP contribution is -2.42. The third-order valence-electron chi connectivity index (χ3n) is 1.79. The van der Waals surface area contributed by atoms with Gasteiger partial charge < -0.3 is 5.32 Å². The number of urea groups is 1. The number of carbonyl (C=O) groups excluding carboxylic acids is 2. The Bertz CT molecular complexity index is 194. The van der Waals surface area contributed by atoms with Gasteiger partial charge in [-0.3, -0.25) is 15.0 Å². The minimum Gasteiger partial charge on any atom is -0.341 e. The smallest absolute Gasteiger partial charge is 0.321 e. The predicted octanol–water partition coefficient (Wildman–Crippen LogP) is 0.174. The maximum absolute atomic E-state index is 11.2. The van der Waals surface area contributed by atoms with Crippen LogP contribution in [0, 0.1) is 0 Å². The average molecular weight is 201 g/mol. The van der Waals surface area contributed by atoms with E-state index in [0.29, 0.717) is 0 Å². The highest BCUT2D eigenvalue weighted by Crippen LogP contribution is 1.90. The monoisotopic (exact) mass is 201 g/mol. The molecule has 3 amide bonds. The highest BCUT2D eigenvalue weighted by Gasteiger charge is 2.08. The first-order chi connectivity index (χ1) is 6.60. The molecule has 0 saturated carbocycles. The fourth-order valence-corrected chi connectivity index (χ4v) is 0.981. The summed E-state index contributed by atoms with van der Waals surface area (Å²) < 4.78 is 0. The summed E-state index contributed by atoms with van der Waals surface area (Å²) in [6, 6.07) is -0.459. The molecule has 0 rings (SSSR count). The van der Waals surface area contributed by atoms with Gasteiger partial charge >= 0.3 is 6.03 Å². The Balaban J connectivity index is 3.65. The molecule has 0 spiro atoms. The molecule has 2 N–H and O–H groups in total. The lowest BCUT2D eigenvalue weighted by atomic mass is 10.3. The first kappa shape index (κ1) is 12.9. The zero-order chi connectivity index (χ0) is 11.0. The highest BCUT2D eigenvalue weighted by molar-refractivity contribution is 5.95. The van der Waals surface area contributed by atoms with Crippen LogP contribution in [0.5, 0.6) is 0 Å². The lowest BCUT2D eigenvalue weighted by molar-refractivity contribution is -0.120. The molecule has 82 valence electrons. The molecule has 0 bridgehead atoms. The van der Waals surface area contributed by atoms with E-state index in [1.54, 1.807) is 0 Å². The van der Waals surface area contributed by atoms with Crippen LogP contribution in [0.4, 0.5) is 4.79 Å². The van der Waals surface area contributed by atoms with Gasteiger partial charge in [-0.2, -0.15) is 0 Å². The van der Waals surface area contributed by atoms with Crippen molar-refractivity contribution in [1.82, 2.24) is 15.5 Å². The second-order valence-corrected chi connectivity index (χ2v) is 3.22. The van der Waals surface area contributed by atoms with E-state index >= 15 is 0 Å². The van der Waals surface area contributed by atoms with E-state index < -0.39 is 6.03 Å². The van der Waals surface area contributed by atoms with Crippen LogP contribution >= 0.6 is 0 Å². The number of amides is 3. The van der Waals surface area contributed by atoms with Crippen molar-refractivity contribution in [3.05, 3.63) is 0 Å². The molecular formula is C9H19N3O2. The van der Waals surface area contributed by atoms with Crippen LogP contribution in [0.3, 0.4) is 0 Å². The lowest BCUT2D eigenvalue weighted by Gasteiger charge is -2.14. The van der Waals surface area contributed by atoms with Crippen LogP contribution in [-0.4, -0.2) is 44.0 Å². The van der Waals surface area contributed by atoms with E-state index in [-0.39, 0.29) is 12.5 Å². The number of hydrogen-bond donors (Lipinski definition) is 2. The fourth-order valence-electron chi connectivity index (χ4n) is 0.981. The molecule has 5 heteroatoms. The summed E-state index contributed by atoms with van der Waals surface area (Å²) in [7, 11) is 3.34. The number of nitrogens with zero attached hydrogens (tertiary/aromatic N) is 1. The van der Waals surface area contributed by atoms with Crippen molar-refractivity contribution in [3.8, 4) is 0 Å². The number of carbonyl (C=O) groups is 2. The van der Waals surface area contributed by atoms with Gasteiger partial charge in [-0.25, -0.2) is 4.79 Å². The quantitative estimate of drug-likeness (QED) is 0.666. The molecule has 0 radical (unpaired) electrons. The zero-order valence-corrected chi connectivity index (χ0v) is 9.09. The molecule has 5 nitrogen and oxygen atoms in total. The van der Waals surface area contributed by atoms with Crippen LogP contribution in [-0.2, 0) is 4.79 Å². The molecule has 0 aliphatic rings. The predicted molar refractivity (Wildman–Crippen MR) is 55.0 cm³/mol. The molecule has 0 unspecified atom stereocenters. The number of likely N-dealkylation sites (N-methyl/N-ethyl adjacent to an activating group) is 1. The van der Waals surface area contributed by atoms with Gasteiger partial charge in [0.25, 0.3) is 0 Å². The number of unbranched alkanes of at least 4 members (excludes halogenated alkanes) is 1. The first-order valence-corrected chi connectivity index (χ1v) is 4.80. The summed E-state index contributed by atoms with van der Waals surface area (Å²) in [4.78, 5) is 23.8. The van der Waals surface area contributed by atoms with E-state index in [2.05, 4.69) is 17.6 Å². The Kier molecular flexibility index (Phi) is 6.74. The topological polar surface area (TPSA) is 61.4 Å². The third kappa shape index (κ3) is 6.42. The average Bonchev–Trinajstić information content (AvgIpc) is 2.14. The maximum Gasteiger partial charge on any atom is 0.321 e. The van der Waals surface area contributed by atoms with Gasteiger partial charge in [-0.15, -0.1) is 0 Å². The minimum atomic E-state index is -0.459. The molecule has 0 aliphatic carbocycles. The second-order valence-electron chi connectivity index (χ2n) is 3.22. The van der Waals surface area contributed by atoms with Crippen LogP contribution in [0.25, 0.3) is 0 Å². The van der Waals surface area contributed by atoms with Gasteiger partial charge in [-0.1, -0.05) is 13.3 Å². The molecular weight excluding hydrogens is 182 g/mol. The minimum absolute atomic E-state index is 0.257. The fraction of sp³-hybridized carbons (Fsp3) is 0.778. The second kappa shape index (κ2) is 7.32. The number of rotatable bonds is 5. The molecule has 0 aromatic heterocycles. The van der Waals surface area contributed by atoms with E-state index in [4.69, 9.17) is 0 Å². The van der Waals surface area contributed by atoms with E-state index in [1.807, 2.05) is 11.9 Å². The SMILES string of the molecule is CCCCN(C)CC(=O)NC(=O)NC. The largest absolute Gasteiger partial charge is 0.341 e. The standard InChI is InChI=1S/C9H19N3O2/c1-4-5-6-12(3)7-8(13)11-9(14)10-2/h4-7H2,1-3H3,(H2,10,11,13,14). The number of hydrogen-bond acceptors (Lipinski definition) is 3. The van der Waals surface area contributed by atoms with Gasteiger partial charge in [0.1, 0.15) is 0 Å². The maximum atomic E-state index is 11.2. The molecule has 0 heterocycles. The summed E-state index contributed by atoms with van der Waals surface area (Å²) in [5.74, 6) is -0.275. The molecule has 0 atom stereocenters. The highest BCUT2D eigenvalue weighted by atomic mass is 16.2. The number of imide groups is 1. The molecule has 14 heavy (non-hydrogen) atoms. The van der Waals surface area contributed by atoms with Crippen molar-refractivity contribution in [1.29, 1.82) is 0 Å². The summed E-state index contributed by atoms with van der Waals surface area (Å²) in [6.45, 7) is 3.23. The molecule has 0 aliphatic heterocycles. The van der Waals surface area contributed by atoms with Crippen LogP contribution in [0.2, 0.25) is 0 Å². The van der Waals surface area contributed by atoms with E-state index in [9.17, 15) is 9.59 Å². The molecule has 0 aromatic carbocycles. The first-order valence-electron chi connectivity index (χ1n) is 4.80. The normalized spacial score (nSPS) is 10.0. The van der Waals surface area contributed by atoms with E-state index in [0.717, 1.165) is 19.4 Å². The van der Waals surface area contributed by atoms with Gasteiger partial charge in [0.2, 0.25) is 5.91 Å². The Morgan fingerprint density at radius 2 is 2.00 bits per heavy atom. The summed E-state index contributed by atoms with van der Waals surface area (Å²) >= 11 is 0. The van der Waals surface area contributed by atoms with Gasteiger partial charge in [0.15, 0.2) is 0 Å². The third-order valence-corrected chi connectivity index (χ3v) is 1.79. The molecule has 0 aromatic rings. The van der Waals surface area contributed by atoms with Crippen LogP contribution in [0.15, 0.2) is 0 Å². The Morgan fingerprint density at radius 1 is 1.36 bits per heavy atom. The molecule has 0 saturated heterocycles.